The molecule has 6 rings (SSSR count). The number of pyridine rings is 1. The second-order valence-electron chi connectivity index (χ2n) is 7.13. The highest BCUT2D eigenvalue weighted by atomic mass is 19.4. The number of alkyl halides is 3. The Kier molecular flexibility index (Phi) is 3.61. The van der Waals surface area contributed by atoms with Gasteiger partial charge in [-0.15, -0.1) is 0 Å². The molecular weight excluding hydrogens is 357 g/mol. The van der Waals surface area contributed by atoms with Gasteiger partial charge in [-0.3, -0.25) is 9.88 Å². The smallest absolute Gasteiger partial charge is 0.357 e. The van der Waals surface area contributed by atoms with E-state index in [-0.39, 0.29) is 0 Å². The Hall–Kier alpha value is -2.68. The molecule has 6 heterocycles. The Balaban J connectivity index is 1.29. The number of nitrogens with one attached hydrogen (secondary N) is 1. The molecule has 2 bridgehead atoms. The lowest BCUT2D eigenvalue weighted by atomic mass is 9.87. The van der Waals surface area contributed by atoms with Crippen LogP contribution in [0.25, 0.3) is 11.0 Å². The third-order valence-electron chi connectivity index (χ3n) is 5.36. The topological polar surface area (TPSA) is 60.9 Å². The Morgan fingerprint density at radius 1 is 1.07 bits per heavy atom. The molecule has 3 aromatic rings. The van der Waals surface area contributed by atoms with Gasteiger partial charge in [0.15, 0.2) is 5.82 Å². The predicted molar refractivity (Wildman–Crippen MR) is 93.1 cm³/mol. The molecule has 3 aromatic heterocycles. The lowest BCUT2D eigenvalue weighted by Gasteiger charge is -2.57. The van der Waals surface area contributed by atoms with E-state index in [1.807, 2.05) is 12.3 Å². The van der Waals surface area contributed by atoms with Gasteiger partial charge < -0.3 is 9.88 Å². The number of aromatic nitrogens is 4. The quantitative estimate of drug-likeness (QED) is 0.764. The van der Waals surface area contributed by atoms with Crippen molar-refractivity contribution in [3.63, 3.8) is 0 Å². The van der Waals surface area contributed by atoms with Gasteiger partial charge in [-0.25, -0.2) is 9.97 Å². The van der Waals surface area contributed by atoms with Crippen molar-refractivity contribution < 1.29 is 13.2 Å². The number of piperazine rings is 1. The SMILES string of the molecule is FC(F)(F)c1ccc(CN2CC3CC(C2)N3c2ncnc3cc[nH]c23)cn1. The van der Waals surface area contributed by atoms with Crippen molar-refractivity contribution in [2.45, 2.75) is 31.2 Å². The van der Waals surface area contributed by atoms with E-state index in [1.165, 1.54) is 12.3 Å². The fraction of sp³-hybridized carbons (Fsp3) is 0.389. The number of rotatable bonds is 3. The van der Waals surface area contributed by atoms with E-state index in [2.05, 4.69) is 29.7 Å². The Bertz CT molecular complexity index is 955. The first-order valence-electron chi connectivity index (χ1n) is 8.80. The third-order valence-corrected chi connectivity index (χ3v) is 5.36. The second-order valence-corrected chi connectivity index (χ2v) is 7.13. The molecule has 3 aliphatic rings. The minimum Gasteiger partial charge on any atom is -0.357 e. The second kappa shape index (κ2) is 5.91. The Morgan fingerprint density at radius 2 is 1.89 bits per heavy atom. The first-order chi connectivity index (χ1) is 13.0. The number of anilines is 1. The number of fused-ring (bicyclic) bond motifs is 3. The lowest BCUT2D eigenvalue weighted by molar-refractivity contribution is -0.141. The van der Waals surface area contributed by atoms with E-state index in [9.17, 15) is 13.2 Å². The third kappa shape index (κ3) is 2.82. The standard InChI is InChI=1S/C18H17F3N6/c19-18(20,21)15-2-1-11(6-23-15)7-26-8-12-5-13(9-26)27(12)17-16-14(3-4-22-16)24-10-25-17/h1-4,6,10,12-13,22H,5,7-9H2. The zero-order valence-electron chi connectivity index (χ0n) is 14.3. The maximum atomic E-state index is 12.6. The van der Waals surface area contributed by atoms with Crippen molar-refractivity contribution in [2.75, 3.05) is 18.0 Å². The summed E-state index contributed by atoms with van der Waals surface area (Å²) in [6.07, 6.45) is 1.49. The van der Waals surface area contributed by atoms with Crippen LogP contribution in [0.5, 0.6) is 0 Å². The van der Waals surface area contributed by atoms with Crippen molar-refractivity contribution in [1.82, 2.24) is 24.8 Å². The fourth-order valence-electron chi connectivity index (χ4n) is 4.17. The molecule has 0 radical (unpaired) electrons. The maximum absolute atomic E-state index is 12.6. The molecule has 27 heavy (non-hydrogen) atoms. The van der Waals surface area contributed by atoms with Crippen LogP contribution in [0.1, 0.15) is 17.7 Å². The number of piperidine rings is 1. The highest BCUT2D eigenvalue weighted by Crippen LogP contribution is 2.38. The summed E-state index contributed by atoms with van der Waals surface area (Å²) in [4.78, 5) is 20.1. The minimum absolute atomic E-state index is 0.354. The summed E-state index contributed by atoms with van der Waals surface area (Å²) in [5.41, 5.74) is 1.80. The highest BCUT2D eigenvalue weighted by Gasteiger charge is 2.45. The van der Waals surface area contributed by atoms with Crippen molar-refractivity contribution >= 4 is 16.9 Å². The van der Waals surface area contributed by atoms with Crippen molar-refractivity contribution in [3.05, 3.63) is 48.2 Å². The van der Waals surface area contributed by atoms with Gasteiger partial charge in [-0.05, 0) is 24.1 Å². The van der Waals surface area contributed by atoms with Crippen LogP contribution in [-0.2, 0) is 12.7 Å². The molecule has 0 amide bonds. The molecule has 1 N–H and O–H groups in total. The predicted octanol–water partition coefficient (Wildman–Crippen LogP) is 2.83. The molecule has 0 aliphatic carbocycles. The number of hydrogen-bond donors (Lipinski definition) is 1. The maximum Gasteiger partial charge on any atom is 0.433 e. The zero-order valence-corrected chi connectivity index (χ0v) is 14.3. The number of aromatic amines is 1. The average molecular weight is 374 g/mol. The molecule has 0 saturated carbocycles. The Labute approximate surface area is 153 Å². The summed E-state index contributed by atoms with van der Waals surface area (Å²) >= 11 is 0. The van der Waals surface area contributed by atoms with Gasteiger partial charge in [0.1, 0.15) is 17.5 Å². The minimum atomic E-state index is -4.40. The number of halogens is 3. The van der Waals surface area contributed by atoms with Crippen LogP contribution in [-0.4, -0.2) is 50.0 Å². The van der Waals surface area contributed by atoms with Gasteiger partial charge in [-0.2, -0.15) is 13.2 Å². The van der Waals surface area contributed by atoms with Gasteiger partial charge in [-0.1, -0.05) is 6.07 Å². The van der Waals surface area contributed by atoms with Gasteiger partial charge in [0.25, 0.3) is 0 Å². The van der Waals surface area contributed by atoms with E-state index in [0.29, 0.717) is 18.6 Å². The summed E-state index contributed by atoms with van der Waals surface area (Å²) in [7, 11) is 0. The van der Waals surface area contributed by atoms with Crippen LogP contribution >= 0.6 is 0 Å². The molecule has 2 unspecified atom stereocenters. The van der Waals surface area contributed by atoms with Crippen LogP contribution in [0, 0.1) is 0 Å². The van der Waals surface area contributed by atoms with E-state index in [4.69, 9.17) is 0 Å². The molecule has 140 valence electrons. The Morgan fingerprint density at radius 3 is 2.59 bits per heavy atom. The van der Waals surface area contributed by atoms with Crippen LogP contribution in [0.4, 0.5) is 19.0 Å². The number of nitrogens with zero attached hydrogens (tertiary/aromatic N) is 5. The molecule has 3 saturated heterocycles. The fourth-order valence-corrected chi connectivity index (χ4v) is 4.17. The van der Waals surface area contributed by atoms with Crippen LogP contribution < -0.4 is 4.90 Å². The molecule has 2 atom stereocenters. The van der Waals surface area contributed by atoms with Gasteiger partial charge >= 0.3 is 6.18 Å². The molecule has 3 aliphatic heterocycles. The average Bonchev–Trinajstić information content (AvgIpc) is 3.11. The molecule has 0 aromatic carbocycles. The summed E-state index contributed by atoms with van der Waals surface area (Å²) < 4.78 is 37.9. The van der Waals surface area contributed by atoms with Gasteiger partial charge in [0, 0.05) is 44.1 Å². The largest absolute Gasteiger partial charge is 0.433 e. The van der Waals surface area contributed by atoms with Gasteiger partial charge in [0.05, 0.1) is 5.52 Å². The van der Waals surface area contributed by atoms with Crippen LogP contribution in [0.15, 0.2) is 36.9 Å². The van der Waals surface area contributed by atoms with E-state index in [0.717, 1.165) is 48.0 Å². The lowest BCUT2D eigenvalue weighted by Crippen LogP contribution is -2.69. The first kappa shape index (κ1) is 16.5. The monoisotopic (exact) mass is 374 g/mol. The molecule has 0 spiro atoms. The molecule has 9 heteroatoms. The van der Waals surface area contributed by atoms with Crippen LogP contribution in [0.2, 0.25) is 0 Å². The summed E-state index contributed by atoms with van der Waals surface area (Å²) in [5.74, 6) is 0.932. The molecule has 6 nitrogen and oxygen atoms in total. The van der Waals surface area contributed by atoms with Crippen molar-refractivity contribution in [3.8, 4) is 0 Å². The summed E-state index contributed by atoms with van der Waals surface area (Å²) in [5, 5.41) is 0. The van der Waals surface area contributed by atoms with E-state index >= 15 is 0 Å². The van der Waals surface area contributed by atoms with E-state index in [1.54, 1.807) is 6.33 Å². The molecule has 3 fully saturated rings. The van der Waals surface area contributed by atoms with Crippen molar-refractivity contribution in [1.29, 1.82) is 0 Å². The van der Waals surface area contributed by atoms with Crippen molar-refractivity contribution in [2.24, 2.45) is 0 Å². The number of H-pyrrole nitrogens is 1. The zero-order chi connectivity index (χ0) is 18.6. The van der Waals surface area contributed by atoms with E-state index < -0.39 is 11.9 Å². The highest BCUT2D eigenvalue weighted by molar-refractivity contribution is 5.86. The first-order valence-corrected chi connectivity index (χ1v) is 8.80. The summed E-state index contributed by atoms with van der Waals surface area (Å²) in [6.45, 7) is 2.31. The van der Waals surface area contributed by atoms with Crippen LogP contribution in [0.3, 0.4) is 0 Å². The normalized spacial score (nSPS) is 22.9. The molecular formula is C18H17F3N6. The number of hydrogen-bond acceptors (Lipinski definition) is 5. The van der Waals surface area contributed by atoms with Gasteiger partial charge in [0.2, 0.25) is 0 Å². The summed E-state index contributed by atoms with van der Waals surface area (Å²) in [6, 6.07) is 5.20.